The molecule has 12 nitrogen and oxygen atoms in total. The van der Waals surface area contributed by atoms with Crippen molar-refractivity contribution in [1.29, 1.82) is 0 Å². The quantitative estimate of drug-likeness (QED) is 0.0196. The second kappa shape index (κ2) is 42.2. The van der Waals surface area contributed by atoms with Crippen LogP contribution in [0, 0.1) is 0 Å². The van der Waals surface area contributed by atoms with Gasteiger partial charge in [0.1, 0.15) is 36.8 Å². The van der Waals surface area contributed by atoms with E-state index in [9.17, 15) is 37.9 Å². The molecule has 65 heavy (non-hydrogen) atoms. The van der Waals surface area contributed by atoms with Crippen molar-refractivity contribution < 1.29 is 56.8 Å². The summed E-state index contributed by atoms with van der Waals surface area (Å²) in [4.78, 5) is 25.5. The smallest absolute Gasteiger partial charge is 0.306 e. The van der Waals surface area contributed by atoms with Crippen molar-refractivity contribution in [2.75, 3.05) is 19.0 Å². The van der Waals surface area contributed by atoms with E-state index in [1.807, 2.05) is 0 Å². The van der Waals surface area contributed by atoms with Crippen LogP contribution in [-0.4, -0.2) is 96.0 Å². The van der Waals surface area contributed by atoms with Crippen LogP contribution in [0.3, 0.4) is 0 Å². The molecule has 0 aromatic rings. The van der Waals surface area contributed by atoms with Gasteiger partial charge < -0.3 is 34.3 Å². The summed E-state index contributed by atoms with van der Waals surface area (Å²) in [6, 6.07) is 0. The number of ether oxygens (including phenoxy) is 4. The molecular formula is C52H96O12S. The van der Waals surface area contributed by atoms with Crippen LogP contribution < -0.4 is 0 Å². The fraction of sp³-hybridized carbons (Fsp3) is 0.885. The normalized spacial score (nSPS) is 19.6. The molecule has 6 unspecified atom stereocenters. The number of esters is 2. The van der Waals surface area contributed by atoms with Crippen LogP contribution in [0.25, 0.3) is 0 Å². The van der Waals surface area contributed by atoms with Gasteiger partial charge in [0.2, 0.25) is 0 Å². The molecule has 0 saturated carbocycles. The molecule has 1 aliphatic rings. The van der Waals surface area contributed by atoms with E-state index in [2.05, 4.69) is 38.2 Å². The first-order valence-electron chi connectivity index (χ1n) is 26.4. The fourth-order valence-corrected chi connectivity index (χ4v) is 8.83. The molecule has 0 bridgehead atoms. The first kappa shape index (κ1) is 61.1. The number of aliphatic hydroxyl groups excluding tert-OH is 3. The van der Waals surface area contributed by atoms with Crippen molar-refractivity contribution in [3.63, 3.8) is 0 Å². The van der Waals surface area contributed by atoms with E-state index in [1.54, 1.807) is 0 Å². The van der Waals surface area contributed by atoms with E-state index in [-0.39, 0.29) is 19.4 Å². The summed E-state index contributed by atoms with van der Waals surface area (Å²) in [7, 11) is -4.60. The Morgan fingerprint density at radius 3 is 1.28 bits per heavy atom. The van der Waals surface area contributed by atoms with E-state index < -0.39 is 71.2 Å². The van der Waals surface area contributed by atoms with Crippen LogP contribution in [-0.2, 0) is 38.7 Å². The minimum Gasteiger partial charge on any atom is -0.462 e. The highest BCUT2D eigenvalue weighted by Gasteiger charge is 2.46. The first-order valence-corrected chi connectivity index (χ1v) is 28.0. The summed E-state index contributed by atoms with van der Waals surface area (Å²) in [5.41, 5.74) is 0. The molecular weight excluding hydrogens is 849 g/mol. The summed E-state index contributed by atoms with van der Waals surface area (Å²) in [6.45, 7) is 3.78. The minimum atomic E-state index is -4.60. The molecule has 0 radical (unpaired) electrons. The Balaban J connectivity index is 2.36. The van der Waals surface area contributed by atoms with E-state index in [0.717, 1.165) is 57.8 Å². The number of carbonyl (C=O) groups is 2. The van der Waals surface area contributed by atoms with Crippen molar-refractivity contribution in [3.8, 4) is 0 Å². The summed E-state index contributed by atoms with van der Waals surface area (Å²) in [5.74, 6) is -1.98. The maximum atomic E-state index is 12.9. The summed E-state index contributed by atoms with van der Waals surface area (Å²) in [5, 5.41) is 31.0. The number of allylic oxidation sites excluding steroid dienone is 4. The fourth-order valence-electron chi connectivity index (χ4n) is 8.14. The van der Waals surface area contributed by atoms with E-state index in [0.29, 0.717) is 12.8 Å². The summed E-state index contributed by atoms with van der Waals surface area (Å²) >= 11 is 0. The van der Waals surface area contributed by atoms with Crippen LogP contribution >= 0.6 is 0 Å². The van der Waals surface area contributed by atoms with Gasteiger partial charge in [-0.3, -0.25) is 14.1 Å². The molecule has 1 aliphatic heterocycles. The largest absolute Gasteiger partial charge is 0.462 e. The molecule has 0 spiro atoms. The van der Waals surface area contributed by atoms with E-state index >= 15 is 0 Å². The SMILES string of the molecule is CCCCCCCCC/C=C\CCCCCCCC(=O)OCC(COC1OC(CS(=O)(=O)O)C(O)C(O)C1O)OC(=O)CCCCCCCCCCC/C=C\CCCCCCCCCC. The molecule has 0 aliphatic carbocycles. The van der Waals surface area contributed by atoms with Gasteiger partial charge in [-0.25, -0.2) is 0 Å². The van der Waals surface area contributed by atoms with Gasteiger partial charge in [0.05, 0.1) is 6.61 Å². The van der Waals surface area contributed by atoms with E-state index in [4.69, 9.17) is 18.9 Å². The molecule has 0 amide bonds. The topological polar surface area (TPSA) is 186 Å². The summed E-state index contributed by atoms with van der Waals surface area (Å²) in [6.07, 6.45) is 39.3. The molecule has 13 heteroatoms. The molecule has 4 N–H and O–H groups in total. The molecule has 0 aromatic carbocycles. The monoisotopic (exact) mass is 945 g/mol. The van der Waals surface area contributed by atoms with Crippen LogP contribution in [0.5, 0.6) is 0 Å². The first-order chi connectivity index (χ1) is 31.5. The lowest BCUT2D eigenvalue weighted by atomic mass is 10.00. The Bertz CT molecular complexity index is 1290. The highest BCUT2D eigenvalue weighted by atomic mass is 32.2. The lowest BCUT2D eigenvalue weighted by Gasteiger charge is -2.40. The third-order valence-corrected chi connectivity index (χ3v) is 13.0. The van der Waals surface area contributed by atoms with Crippen molar-refractivity contribution in [2.24, 2.45) is 0 Å². The lowest BCUT2D eigenvalue weighted by molar-refractivity contribution is -0.297. The van der Waals surface area contributed by atoms with E-state index in [1.165, 1.54) is 141 Å². The average molecular weight is 945 g/mol. The lowest BCUT2D eigenvalue weighted by Crippen LogP contribution is -2.60. The average Bonchev–Trinajstić information content (AvgIpc) is 3.27. The molecule has 1 fully saturated rings. The van der Waals surface area contributed by atoms with Crippen molar-refractivity contribution in [2.45, 2.75) is 275 Å². The number of aliphatic hydroxyl groups is 3. The van der Waals surface area contributed by atoms with Crippen LogP contribution in [0.15, 0.2) is 24.3 Å². The maximum absolute atomic E-state index is 12.9. The van der Waals surface area contributed by atoms with Gasteiger partial charge in [-0.1, -0.05) is 186 Å². The van der Waals surface area contributed by atoms with Crippen molar-refractivity contribution >= 4 is 22.1 Å². The molecule has 1 rings (SSSR count). The van der Waals surface area contributed by atoms with Crippen LogP contribution in [0.1, 0.15) is 239 Å². The van der Waals surface area contributed by atoms with Crippen LogP contribution in [0.4, 0.5) is 0 Å². The second-order valence-corrected chi connectivity index (χ2v) is 20.0. The molecule has 382 valence electrons. The molecule has 6 atom stereocenters. The van der Waals surface area contributed by atoms with Gasteiger partial charge in [0.25, 0.3) is 10.1 Å². The third-order valence-electron chi connectivity index (χ3n) is 12.3. The molecule has 0 aromatic heterocycles. The maximum Gasteiger partial charge on any atom is 0.306 e. The predicted molar refractivity (Wildman–Crippen MR) is 261 cm³/mol. The minimum absolute atomic E-state index is 0.163. The highest BCUT2D eigenvalue weighted by molar-refractivity contribution is 7.85. The zero-order valence-electron chi connectivity index (χ0n) is 41.1. The van der Waals surface area contributed by atoms with Gasteiger partial charge in [-0.2, -0.15) is 8.42 Å². The standard InChI is InChI=1S/C52H96O12S/c1-3-5-7-9-11-13-15-17-19-21-22-23-24-25-27-29-31-33-35-37-39-41-48(54)63-45(43-62-52-51(57)50(56)49(55)46(64-52)44-65(58,59)60)42-61-47(53)40-38-36-34-32-30-28-26-20-18-16-14-12-10-8-6-4-2/h20-22,26,45-46,49-52,55-57H,3-19,23-25,27-44H2,1-2H3,(H,58,59,60)/b22-21-,26-20-. The van der Waals surface area contributed by atoms with Gasteiger partial charge in [-0.05, 0) is 64.2 Å². The predicted octanol–water partition coefficient (Wildman–Crippen LogP) is 12.0. The number of hydrogen-bond donors (Lipinski definition) is 4. The van der Waals surface area contributed by atoms with Crippen LogP contribution in [0.2, 0.25) is 0 Å². The highest BCUT2D eigenvalue weighted by Crippen LogP contribution is 2.24. The molecule has 1 heterocycles. The Labute approximate surface area is 396 Å². The van der Waals surface area contributed by atoms with Gasteiger partial charge in [0, 0.05) is 12.8 Å². The summed E-state index contributed by atoms with van der Waals surface area (Å²) < 4.78 is 54.3. The Morgan fingerprint density at radius 1 is 0.508 bits per heavy atom. The van der Waals surface area contributed by atoms with Gasteiger partial charge >= 0.3 is 11.9 Å². The number of carbonyl (C=O) groups excluding carboxylic acids is 2. The zero-order chi connectivity index (χ0) is 47.6. The third kappa shape index (κ3) is 36.8. The Hall–Kier alpha value is -1.87. The van der Waals surface area contributed by atoms with Crippen molar-refractivity contribution in [3.05, 3.63) is 24.3 Å². The number of unbranched alkanes of at least 4 members (excludes halogenated alkanes) is 29. The second-order valence-electron chi connectivity index (χ2n) is 18.5. The number of hydrogen-bond acceptors (Lipinski definition) is 11. The Kier molecular flexibility index (Phi) is 39.7. The Morgan fingerprint density at radius 2 is 0.877 bits per heavy atom. The molecule has 1 saturated heterocycles. The van der Waals surface area contributed by atoms with Gasteiger partial charge in [-0.15, -0.1) is 0 Å². The zero-order valence-corrected chi connectivity index (χ0v) is 41.9. The van der Waals surface area contributed by atoms with Crippen molar-refractivity contribution in [1.82, 2.24) is 0 Å². The van der Waals surface area contributed by atoms with Gasteiger partial charge in [0.15, 0.2) is 12.4 Å². The number of rotatable bonds is 45.